The molecule has 0 saturated heterocycles. The Morgan fingerprint density at radius 2 is 1.50 bits per heavy atom. The Morgan fingerprint density at radius 3 is 2.27 bits per heavy atom. The van der Waals surface area contributed by atoms with E-state index in [1.54, 1.807) is 36.4 Å². The number of sulfonamides is 2. The molecule has 3 rings (SSSR count). The van der Waals surface area contributed by atoms with Crippen LogP contribution >= 0.6 is 0 Å². The number of ether oxygens (including phenoxy) is 1. The summed E-state index contributed by atoms with van der Waals surface area (Å²) < 4.78 is 59.1. The molecule has 0 heterocycles. The molecule has 0 aliphatic carbocycles. The number of aliphatic hydroxyl groups excluding tert-OH is 1. The molecule has 0 spiro atoms. The molecule has 0 fully saturated rings. The van der Waals surface area contributed by atoms with Crippen molar-refractivity contribution in [1.82, 2.24) is 9.44 Å². The fourth-order valence-electron chi connectivity index (χ4n) is 2.83. The summed E-state index contributed by atoms with van der Waals surface area (Å²) in [4.78, 5) is 0.183. The molecule has 3 aromatic carbocycles. The Bertz CT molecular complexity index is 1190. The van der Waals surface area contributed by atoms with Crippen molar-refractivity contribution in [2.24, 2.45) is 0 Å². The molecule has 0 saturated carbocycles. The van der Waals surface area contributed by atoms with Crippen molar-refractivity contribution in [2.75, 3.05) is 19.8 Å². The van der Waals surface area contributed by atoms with Crippen LogP contribution in [0.2, 0.25) is 0 Å². The van der Waals surface area contributed by atoms with Gasteiger partial charge in [-0.25, -0.2) is 21.6 Å². The topological polar surface area (TPSA) is 122 Å². The van der Waals surface area contributed by atoms with Crippen molar-refractivity contribution in [3.8, 4) is 0 Å². The molecule has 1 atom stereocenters. The normalized spacial score (nSPS) is 13.4. The molecule has 10 heteroatoms. The lowest BCUT2D eigenvalue weighted by molar-refractivity contribution is 0.0337. The first-order valence-electron chi connectivity index (χ1n) is 9.10. The summed E-state index contributed by atoms with van der Waals surface area (Å²) in [5.41, 5.74) is 0. The van der Waals surface area contributed by atoms with Crippen LogP contribution in [0.15, 0.2) is 82.6 Å². The number of nitrogens with one attached hydrogen (secondary N) is 2. The predicted molar refractivity (Wildman–Crippen MR) is 113 cm³/mol. The van der Waals surface area contributed by atoms with Crippen LogP contribution in [0.3, 0.4) is 0 Å². The molecule has 8 nitrogen and oxygen atoms in total. The van der Waals surface area contributed by atoms with Gasteiger partial charge in [0, 0.05) is 11.9 Å². The third-order valence-corrected chi connectivity index (χ3v) is 7.19. The van der Waals surface area contributed by atoms with E-state index in [4.69, 9.17) is 4.74 Å². The van der Waals surface area contributed by atoms with Crippen LogP contribution in [0.25, 0.3) is 10.8 Å². The van der Waals surface area contributed by atoms with Crippen LogP contribution in [0.4, 0.5) is 0 Å². The lowest BCUT2D eigenvalue weighted by Crippen LogP contribution is -2.38. The second-order valence-corrected chi connectivity index (χ2v) is 9.85. The maximum absolute atomic E-state index is 12.6. The highest BCUT2D eigenvalue weighted by molar-refractivity contribution is 7.90. The van der Waals surface area contributed by atoms with Gasteiger partial charge < -0.3 is 9.84 Å². The van der Waals surface area contributed by atoms with Gasteiger partial charge in [-0.3, -0.25) is 0 Å². The van der Waals surface area contributed by atoms with E-state index < -0.39 is 26.3 Å². The monoisotopic (exact) mass is 450 g/mol. The lowest BCUT2D eigenvalue weighted by Gasteiger charge is -2.14. The van der Waals surface area contributed by atoms with E-state index in [0.717, 1.165) is 5.39 Å². The quantitative estimate of drug-likeness (QED) is 0.317. The molecule has 3 aromatic rings. The summed E-state index contributed by atoms with van der Waals surface area (Å²) in [7, 11) is -7.63. The third kappa shape index (κ3) is 5.63. The molecule has 30 heavy (non-hydrogen) atoms. The highest BCUT2D eigenvalue weighted by atomic mass is 32.2. The Hall–Kier alpha value is -2.34. The number of aliphatic hydroxyl groups is 1. The zero-order valence-corrected chi connectivity index (χ0v) is 17.6. The Labute approximate surface area is 175 Å². The lowest BCUT2D eigenvalue weighted by atomic mass is 10.1. The first-order valence-corrected chi connectivity index (χ1v) is 12.1. The predicted octanol–water partition coefficient (Wildman–Crippen LogP) is 1.43. The summed E-state index contributed by atoms with van der Waals surface area (Å²) in [6.07, 6.45) is -1.47. The van der Waals surface area contributed by atoms with Crippen molar-refractivity contribution in [3.05, 3.63) is 72.8 Å². The summed E-state index contributed by atoms with van der Waals surface area (Å²) >= 11 is 0. The van der Waals surface area contributed by atoms with Gasteiger partial charge in [0.05, 0.1) is 23.0 Å². The van der Waals surface area contributed by atoms with Crippen LogP contribution in [0.1, 0.15) is 0 Å². The van der Waals surface area contributed by atoms with Crippen molar-refractivity contribution >= 4 is 30.8 Å². The Morgan fingerprint density at radius 1 is 0.833 bits per heavy atom. The molecule has 3 N–H and O–H groups in total. The van der Waals surface area contributed by atoms with Gasteiger partial charge in [-0.15, -0.1) is 0 Å². The molecule has 1 unspecified atom stereocenters. The Balaban J connectivity index is 1.49. The van der Waals surface area contributed by atoms with Crippen molar-refractivity contribution in [1.29, 1.82) is 0 Å². The molecule has 0 radical (unpaired) electrons. The van der Waals surface area contributed by atoms with Crippen LogP contribution in [0.5, 0.6) is 0 Å². The third-order valence-electron chi connectivity index (χ3n) is 4.20. The molecule has 0 aromatic heterocycles. The van der Waals surface area contributed by atoms with Crippen molar-refractivity contribution in [3.63, 3.8) is 0 Å². The second-order valence-electron chi connectivity index (χ2n) is 6.40. The molecular formula is C20H22N2O6S2. The maximum Gasteiger partial charge on any atom is 0.242 e. The minimum atomic E-state index is -3.87. The summed E-state index contributed by atoms with van der Waals surface area (Å²) in [5.74, 6) is 0. The first-order chi connectivity index (χ1) is 14.3. The standard InChI is InChI=1S/C20H22N2O6S2/c23-20(22-29(24,25)17-9-2-1-3-10-17)15-28-14-13-21-30(26,27)19-12-6-8-16-7-4-5-11-18(16)19/h1-12,20-23H,13-15H2. The Kier molecular flexibility index (Phi) is 7.19. The highest BCUT2D eigenvalue weighted by Gasteiger charge is 2.19. The second kappa shape index (κ2) is 9.65. The number of hydrogen-bond donors (Lipinski definition) is 3. The van der Waals surface area contributed by atoms with E-state index in [1.807, 2.05) is 18.2 Å². The van der Waals surface area contributed by atoms with Crippen molar-refractivity contribution in [2.45, 2.75) is 16.0 Å². The molecule has 0 bridgehead atoms. The van der Waals surface area contributed by atoms with Gasteiger partial charge in [0.2, 0.25) is 20.0 Å². The van der Waals surface area contributed by atoms with E-state index >= 15 is 0 Å². The fourth-order valence-corrected chi connectivity index (χ4v) is 5.15. The minimum absolute atomic E-state index is 0.0203. The molecule has 0 aliphatic rings. The van der Waals surface area contributed by atoms with Gasteiger partial charge in [-0.05, 0) is 23.6 Å². The summed E-state index contributed by atoms with van der Waals surface area (Å²) in [6, 6.07) is 19.8. The average molecular weight is 451 g/mol. The molecule has 0 amide bonds. The number of benzene rings is 3. The zero-order chi connectivity index (χ0) is 21.6. The van der Waals surface area contributed by atoms with E-state index in [2.05, 4.69) is 9.44 Å². The SMILES string of the molecule is O=S(=O)(NC(O)COCCNS(=O)(=O)c1cccc2ccccc12)c1ccccc1. The molecular weight excluding hydrogens is 428 g/mol. The number of fused-ring (bicyclic) bond motifs is 1. The minimum Gasteiger partial charge on any atom is -0.376 e. The van der Waals surface area contributed by atoms with Gasteiger partial charge >= 0.3 is 0 Å². The smallest absolute Gasteiger partial charge is 0.242 e. The zero-order valence-electron chi connectivity index (χ0n) is 15.9. The van der Waals surface area contributed by atoms with E-state index in [0.29, 0.717) is 5.39 Å². The van der Waals surface area contributed by atoms with Gasteiger partial charge in [0.1, 0.15) is 6.23 Å². The van der Waals surface area contributed by atoms with Gasteiger partial charge in [-0.1, -0.05) is 54.6 Å². The average Bonchev–Trinajstić information content (AvgIpc) is 2.73. The van der Waals surface area contributed by atoms with Gasteiger partial charge in [0.25, 0.3) is 0 Å². The largest absolute Gasteiger partial charge is 0.376 e. The van der Waals surface area contributed by atoms with Crippen molar-refractivity contribution < 1.29 is 26.7 Å². The van der Waals surface area contributed by atoms with Crippen LogP contribution < -0.4 is 9.44 Å². The summed E-state index contributed by atoms with van der Waals surface area (Å²) in [5, 5.41) is 11.3. The van der Waals surface area contributed by atoms with Crippen LogP contribution in [-0.4, -0.2) is 47.9 Å². The van der Waals surface area contributed by atoms with E-state index in [9.17, 15) is 21.9 Å². The summed E-state index contributed by atoms with van der Waals surface area (Å²) in [6.45, 7) is -0.417. The number of rotatable bonds is 10. The molecule has 0 aliphatic heterocycles. The van der Waals surface area contributed by atoms with Crippen LogP contribution in [-0.2, 0) is 24.8 Å². The van der Waals surface area contributed by atoms with E-state index in [-0.39, 0.29) is 29.5 Å². The number of hydrogen-bond acceptors (Lipinski definition) is 6. The highest BCUT2D eigenvalue weighted by Crippen LogP contribution is 2.22. The fraction of sp³-hybridized carbons (Fsp3) is 0.200. The van der Waals surface area contributed by atoms with Gasteiger partial charge in [0.15, 0.2) is 0 Å². The van der Waals surface area contributed by atoms with Gasteiger partial charge in [-0.2, -0.15) is 4.72 Å². The molecule has 160 valence electrons. The van der Waals surface area contributed by atoms with E-state index in [1.165, 1.54) is 18.2 Å². The maximum atomic E-state index is 12.6. The van der Waals surface area contributed by atoms with Crippen LogP contribution in [0, 0.1) is 0 Å². The first kappa shape index (κ1) is 22.3.